The Hall–Kier alpha value is -11.0. The third-order valence-electron chi connectivity index (χ3n) is 16.3. The Labute approximate surface area is 632 Å². The van der Waals surface area contributed by atoms with Gasteiger partial charge in [-0.25, -0.2) is 4.79 Å². The molecule has 0 aromatic rings. The molecular formula is C64H111N21O25. The highest BCUT2D eigenvalue weighted by molar-refractivity contribution is 6.02. The molecule has 46 nitrogen and oxygen atoms in total. The molecule has 0 spiro atoms. The molecule has 14 atom stereocenters. The van der Waals surface area contributed by atoms with E-state index < -0.39 is 267 Å². The Kier molecular flexibility index (Phi) is 46.9. The van der Waals surface area contributed by atoms with E-state index in [0.29, 0.717) is 6.42 Å². The van der Waals surface area contributed by atoms with Crippen LogP contribution in [-0.2, 0) is 91.1 Å². The first kappa shape index (κ1) is 99.0. The second kappa shape index (κ2) is 52.1. The normalized spacial score (nSPS) is 14.8. The van der Waals surface area contributed by atoms with Gasteiger partial charge in [0.25, 0.3) is 0 Å². The third kappa shape index (κ3) is 39.7. The summed E-state index contributed by atoms with van der Waals surface area (Å²) in [7, 11) is 0. The second-order valence-corrected chi connectivity index (χ2v) is 26.5. The van der Waals surface area contributed by atoms with Crippen LogP contribution in [0.1, 0.15) is 144 Å². The molecule has 0 saturated carbocycles. The molecule has 0 aliphatic rings. The molecule has 0 aliphatic heterocycles. The van der Waals surface area contributed by atoms with E-state index in [1.54, 1.807) is 27.7 Å². The number of rotatable bonds is 57. The first-order chi connectivity index (χ1) is 51.5. The van der Waals surface area contributed by atoms with Gasteiger partial charge in [0.15, 0.2) is 5.96 Å². The summed E-state index contributed by atoms with van der Waals surface area (Å²) in [5.74, 6) is -26.7. The number of hydrogen-bond donors (Lipinski definition) is 27. The van der Waals surface area contributed by atoms with Gasteiger partial charge in [-0.1, -0.05) is 48.0 Å². The number of unbranched alkanes of at least 4 members (excludes halogenated alkanes) is 2. The van der Waals surface area contributed by atoms with E-state index in [4.69, 9.17) is 44.9 Å². The molecular weight excluding hydrogens is 1460 g/mol. The molecule has 0 saturated heterocycles. The van der Waals surface area contributed by atoms with Gasteiger partial charge in [-0.15, -0.1) is 0 Å². The van der Waals surface area contributed by atoms with Gasteiger partial charge in [0.1, 0.15) is 72.5 Å². The summed E-state index contributed by atoms with van der Waals surface area (Å²) in [6.45, 7) is 6.33. The van der Waals surface area contributed by atoms with Crippen LogP contribution >= 0.6 is 0 Å². The van der Waals surface area contributed by atoms with Crippen molar-refractivity contribution in [2.24, 2.45) is 52.2 Å². The van der Waals surface area contributed by atoms with E-state index in [2.05, 4.69) is 53.2 Å². The van der Waals surface area contributed by atoms with Crippen LogP contribution in [0.25, 0.3) is 0 Å². The zero-order valence-corrected chi connectivity index (χ0v) is 62.2. The number of carboxylic acid groups (broad SMARTS) is 4. The lowest BCUT2D eigenvalue weighted by atomic mass is 9.96. The van der Waals surface area contributed by atoms with Gasteiger partial charge in [0, 0.05) is 13.0 Å². The Morgan fingerprint density at radius 2 is 0.755 bits per heavy atom. The van der Waals surface area contributed by atoms with E-state index in [0.717, 1.165) is 0 Å². The zero-order valence-electron chi connectivity index (χ0n) is 62.2. The van der Waals surface area contributed by atoms with Crippen LogP contribution in [0.15, 0.2) is 0 Å². The quantitative estimate of drug-likeness (QED) is 0.0153. The molecule has 33 N–H and O–H groups in total. The molecule has 110 heavy (non-hydrogen) atoms. The highest BCUT2D eigenvalue weighted by Gasteiger charge is 2.39. The molecule has 0 heterocycles. The highest BCUT2D eigenvalue weighted by Crippen LogP contribution is 2.15. The average molecular weight is 1570 g/mol. The first-order valence-electron chi connectivity index (χ1n) is 35.3. The molecule has 0 aromatic heterocycles. The number of carboxylic acids is 4. The molecule has 0 aliphatic carbocycles. The fourth-order valence-corrected chi connectivity index (χ4v) is 10.1. The Balaban J connectivity index is 7.06. The fourth-order valence-electron chi connectivity index (χ4n) is 10.1. The van der Waals surface area contributed by atoms with Crippen LogP contribution in [0.2, 0.25) is 0 Å². The summed E-state index contributed by atoms with van der Waals surface area (Å²) in [5.41, 5.74) is 33.9. The molecule has 0 bridgehead atoms. The third-order valence-corrected chi connectivity index (χ3v) is 16.3. The van der Waals surface area contributed by atoms with Crippen LogP contribution < -0.4 is 109 Å². The van der Waals surface area contributed by atoms with Crippen molar-refractivity contribution in [2.75, 3.05) is 39.4 Å². The molecule has 0 unspecified atom stereocenters. The van der Waals surface area contributed by atoms with Crippen molar-refractivity contribution in [3.63, 3.8) is 0 Å². The predicted molar refractivity (Wildman–Crippen MR) is 384 cm³/mol. The van der Waals surface area contributed by atoms with Gasteiger partial charge < -0.3 is 139 Å². The highest BCUT2D eigenvalue weighted by atomic mass is 16.4. The number of carbonyl (C=O) groups excluding carboxylic acids is 15. The number of aliphatic hydroxyl groups excluding tert-OH is 2. The van der Waals surface area contributed by atoms with Gasteiger partial charge in [-0.2, -0.15) is 0 Å². The van der Waals surface area contributed by atoms with E-state index in [9.17, 15) is 117 Å². The number of aliphatic hydroxyl groups is 2. The lowest BCUT2D eigenvalue weighted by molar-refractivity contribution is -0.144. The maximum atomic E-state index is 14.5. The number of carbonyl (C=O) groups is 19. The lowest BCUT2D eigenvalue weighted by Crippen LogP contribution is -2.61. The summed E-state index contributed by atoms with van der Waals surface area (Å²) >= 11 is 0. The van der Waals surface area contributed by atoms with Crippen LogP contribution in [0.4, 0.5) is 0 Å². The van der Waals surface area contributed by atoms with Crippen LogP contribution in [0, 0.1) is 23.2 Å². The van der Waals surface area contributed by atoms with Gasteiger partial charge in [0.05, 0.1) is 51.5 Å². The topological polar surface area (TPSA) is 794 Å². The van der Waals surface area contributed by atoms with Crippen LogP contribution in [0.3, 0.4) is 0 Å². The average Bonchev–Trinajstić information content (AvgIpc) is 0.853. The summed E-state index contributed by atoms with van der Waals surface area (Å²) in [4.78, 5) is 251. The number of primary amides is 2. The van der Waals surface area contributed by atoms with Gasteiger partial charge >= 0.3 is 23.9 Å². The number of aliphatic carboxylic acids is 4. The fraction of sp³-hybridized carbons (Fsp3) is 0.688. The minimum Gasteiger partial charge on any atom is -0.481 e. The smallest absolute Gasteiger partial charge is 0.328 e. The van der Waals surface area contributed by atoms with Crippen molar-refractivity contribution in [3.8, 4) is 0 Å². The predicted octanol–water partition coefficient (Wildman–Crippen LogP) is -10.8. The number of guanidine groups is 1. The van der Waals surface area contributed by atoms with Crippen LogP contribution in [-0.4, -0.2) is 267 Å². The van der Waals surface area contributed by atoms with E-state index in [-0.39, 0.29) is 83.4 Å². The van der Waals surface area contributed by atoms with Crippen molar-refractivity contribution in [3.05, 3.63) is 0 Å². The first-order valence-corrected chi connectivity index (χ1v) is 35.3. The largest absolute Gasteiger partial charge is 0.481 e. The SMILES string of the molecule is CC[C@H](C)[C@H](NC(=O)[C@@H](N)CCCNC(=N)N)C(=O)N[C@@H](CCC(=O)O)C(=O)N[C@@H](CC(N)=O)C(=O)N[C@@H](CC(C)C)C(=O)N[C@@H](CC(N)=O)C(=O)N[C@@H](CCCCN)C(=O)N[C@@H](CCCCN)C(=O)N[C@H](C(=O)N[C@@H](CC(=O)O)C(=O)N[C@@H](CC(=O)O)C(=O)NCC(=O)N[C@@H](CO)C(=O)N[C@@H](CO)C(=O)O)C(C)C. The number of nitrogens with two attached hydrogens (primary N) is 6. The zero-order chi connectivity index (χ0) is 84.2. The molecule has 0 aromatic carbocycles. The summed E-state index contributed by atoms with van der Waals surface area (Å²) in [5, 5.41) is 95.8. The second-order valence-electron chi connectivity index (χ2n) is 26.5. The van der Waals surface area contributed by atoms with Crippen molar-refractivity contribution < 1.29 is 122 Å². The van der Waals surface area contributed by atoms with Gasteiger partial charge in [-0.05, 0) is 95.1 Å². The molecule has 0 radical (unpaired) electrons. The van der Waals surface area contributed by atoms with Crippen molar-refractivity contribution in [2.45, 2.75) is 223 Å². The lowest BCUT2D eigenvalue weighted by Gasteiger charge is -2.29. The maximum Gasteiger partial charge on any atom is 0.328 e. The molecule has 622 valence electrons. The minimum absolute atomic E-state index is 0.0695. The maximum absolute atomic E-state index is 14.5. The van der Waals surface area contributed by atoms with Crippen LogP contribution in [0.5, 0.6) is 0 Å². The number of hydrogen-bond acceptors (Lipinski definition) is 25. The van der Waals surface area contributed by atoms with Crippen molar-refractivity contribution in [1.29, 1.82) is 5.41 Å². The van der Waals surface area contributed by atoms with Crippen molar-refractivity contribution in [1.82, 2.24) is 74.4 Å². The van der Waals surface area contributed by atoms with Gasteiger partial charge in [0.2, 0.25) is 88.6 Å². The molecule has 0 rings (SSSR count). The standard InChI is InChI=1S/C64H111N21O25/c1-7-31(6)50(85-51(97)32(67)13-12-20-72-64(70)71)62(108)77-35(16-17-46(91)92)54(100)79-38(23-44(69)89)58(104)78-36(21-29(2)3)56(102)80-37(22-43(68)88)57(103)76-33(14-8-10-18-65)53(99)75-34(15-9-11-19-66)55(101)84-49(30(4)5)61(107)82-40(25-48(95)96)59(105)81-39(24-47(93)94)52(98)73-26-45(90)74-41(27-86)60(106)83-42(28-87)63(109)110/h29-42,49-50,86-87H,7-28,65-67H2,1-6H3,(H2,68,88)(H2,69,89)(H,73,98)(H,74,90)(H,75,99)(H,76,103)(H,77,108)(H,78,104)(H,79,100)(H,80,102)(H,81,105)(H,82,107)(H,83,106)(H,84,101)(H,85,97)(H,91,92)(H,93,94)(H,95,96)(H,109,110)(H4,70,71,72)/t31-,32-,33-,34-,35-,36-,37-,38-,39-,40-,41-,42-,49-,50-/m0/s1. The Bertz CT molecular complexity index is 3200. The summed E-state index contributed by atoms with van der Waals surface area (Å²) in [6, 6.07) is -22.7. The van der Waals surface area contributed by atoms with Crippen molar-refractivity contribution >= 4 is 118 Å². The van der Waals surface area contributed by atoms with Gasteiger partial charge in [-0.3, -0.25) is 91.7 Å². The number of amides is 15. The van der Waals surface area contributed by atoms with E-state index >= 15 is 0 Å². The monoisotopic (exact) mass is 1570 g/mol. The summed E-state index contributed by atoms with van der Waals surface area (Å²) in [6.07, 6.45) is -5.06. The van der Waals surface area contributed by atoms with E-state index in [1.807, 2.05) is 21.3 Å². The summed E-state index contributed by atoms with van der Waals surface area (Å²) < 4.78 is 0. The van der Waals surface area contributed by atoms with E-state index in [1.165, 1.54) is 13.8 Å². The number of nitrogens with one attached hydrogen (secondary N) is 15. The Morgan fingerprint density at radius 3 is 1.16 bits per heavy atom. The minimum atomic E-state index is -2.14. The molecule has 15 amide bonds. The Morgan fingerprint density at radius 1 is 0.382 bits per heavy atom. The molecule has 0 fully saturated rings. The molecule has 46 heteroatoms.